The average molecular weight is 691 g/mol. The van der Waals surface area contributed by atoms with E-state index in [1.807, 2.05) is 78.9 Å². The molecule has 0 saturated heterocycles. The minimum absolute atomic E-state index is 0.0594. The van der Waals surface area contributed by atoms with Crippen molar-refractivity contribution in [3.05, 3.63) is 118 Å². The van der Waals surface area contributed by atoms with Crippen molar-refractivity contribution < 1.29 is 29.1 Å². The summed E-state index contributed by atoms with van der Waals surface area (Å²) in [6.07, 6.45) is -0.211. The molecule has 0 spiro atoms. The average Bonchev–Trinajstić information content (AvgIpc) is 3.74. The summed E-state index contributed by atoms with van der Waals surface area (Å²) in [5, 5.41) is 15.2. The van der Waals surface area contributed by atoms with E-state index in [0.29, 0.717) is 10.5 Å². The Morgan fingerprint density at radius 3 is 2.14 bits per heavy atom. The number of hydrogen-bond donors (Lipinski definition) is 3. The fraction of sp³-hybridized carbons (Fsp3) is 0.162. The summed E-state index contributed by atoms with van der Waals surface area (Å²) in [4.78, 5) is 71.8. The Hall–Kier alpha value is -5.59. The molecule has 0 radical (unpaired) electrons. The van der Waals surface area contributed by atoms with Gasteiger partial charge in [0.15, 0.2) is 10.0 Å². The molecule has 49 heavy (non-hydrogen) atoms. The van der Waals surface area contributed by atoms with Crippen LogP contribution in [0.2, 0.25) is 0 Å². The number of carboxylic acids is 1. The molecule has 0 bridgehead atoms. The number of carboxylic acid groups (broad SMARTS) is 1. The number of Topliss-reactive ketones (excluding diaryl/α,β-unsaturated/α-hetero) is 2. The second kappa shape index (κ2) is 15.1. The topological polar surface area (TPSA) is 155 Å². The normalized spacial score (nSPS) is 11.7. The predicted octanol–water partition coefficient (Wildman–Crippen LogP) is 5.89. The van der Waals surface area contributed by atoms with E-state index >= 15 is 0 Å². The van der Waals surface area contributed by atoms with E-state index < -0.39 is 17.8 Å². The maximum Gasteiger partial charge on any atom is 0.303 e. The molecule has 6 rings (SSSR count). The van der Waals surface area contributed by atoms with Gasteiger partial charge in [0.05, 0.1) is 45.9 Å². The Morgan fingerprint density at radius 1 is 0.673 bits per heavy atom. The molecular weight excluding hydrogens is 661 g/mol. The first-order valence-corrected chi connectivity index (χ1v) is 17.1. The second-order valence-corrected chi connectivity index (χ2v) is 13.4. The summed E-state index contributed by atoms with van der Waals surface area (Å²) in [6.45, 7) is -0.144. The van der Waals surface area contributed by atoms with Gasteiger partial charge in [-0.15, -0.1) is 22.7 Å². The van der Waals surface area contributed by atoms with Gasteiger partial charge >= 0.3 is 5.97 Å². The fourth-order valence-electron chi connectivity index (χ4n) is 5.28. The van der Waals surface area contributed by atoms with Gasteiger partial charge < -0.3 is 15.7 Å². The molecule has 1 atom stereocenters. The van der Waals surface area contributed by atoms with Crippen LogP contribution in [0.1, 0.15) is 43.6 Å². The number of aromatic nitrogens is 2. The molecule has 0 aliphatic rings. The molecule has 6 aromatic rings. The standard InChI is InChI=1S/C37H30N4O6S2/c42-29(36-40-26-11-4-5-12-30(26)48-36)21-38-32(43)19-23-9-6-10-24(17-23)25-13-14-27-31(20-25)49-37(41-27)35(47)28(15-16-34(45)46)39-33(44)18-22-7-2-1-3-8-22/h1-14,17,20,28H,15-16,18-19,21H2,(H,38,43)(H,39,44)(H,45,46)/t28-/m0/s1. The van der Waals surface area contributed by atoms with Crippen molar-refractivity contribution in [3.63, 3.8) is 0 Å². The minimum atomic E-state index is -1.07. The van der Waals surface area contributed by atoms with Gasteiger partial charge in [0.2, 0.25) is 23.4 Å². The number of fused-ring (bicyclic) bond motifs is 2. The molecule has 2 aromatic heterocycles. The van der Waals surface area contributed by atoms with Gasteiger partial charge in [-0.3, -0.25) is 24.0 Å². The lowest BCUT2D eigenvalue weighted by molar-refractivity contribution is -0.137. The molecule has 4 aromatic carbocycles. The third kappa shape index (κ3) is 8.47. The second-order valence-electron chi connectivity index (χ2n) is 11.3. The molecule has 2 heterocycles. The van der Waals surface area contributed by atoms with E-state index in [9.17, 15) is 29.1 Å². The molecule has 10 nitrogen and oxygen atoms in total. The van der Waals surface area contributed by atoms with Crippen LogP contribution in [0.25, 0.3) is 31.6 Å². The van der Waals surface area contributed by atoms with Gasteiger partial charge in [-0.2, -0.15) is 0 Å². The Balaban J connectivity index is 1.11. The van der Waals surface area contributed by atoms with Crippen LogP contribution in [0, 0.1) is 0 Å². The van der Waals surface area contributed by atoms with E-state index in [1.54, 1.807) is 18.2 Å². The SMILES string of the molecule is O=C(O)CC[C@H](NC(=O)Cc1ccccc1)C(=O)c1nc2ccc(-c3cccc(CC(=O)NCC(=O)c4nc5ccccc5s4)c3)cc2s1. The minimum Gasteiger partial charge on any atom is -0.481 e. The Bertz CT molecular complexity index is 2160. The number of aliphatic carboxylic acids is 1. The van der Waals surface area contributed by atoms with E-state index in [4.69, 9.17) is 0 Å². The first kappa shape index (κ1) is 33.3. The number of para-hydroxylation sites is 1. The summed E-state index contributed by atoms with van der Waals surface area (Å²) in [5.74, 6) is -2.43. The van der Waals surface area contributed by atoms with Gasteiger partial charge in [0, 0.05) is 6.42 Å². The molecule has 12 heteroatoms. The molecule has 0 aliphatic heterocycles. The maximum absolute atomic E-state index is 13.5. The zero-order chi connectivity index (χ0) is 34.3. The zero-order valence-corrected chi connectivity index (χ0v) is 27.7. The van der Waals surface area contributed by atoms with E-state index in [2.05, 4.69) is 20.6 Å². The van der Waals surface area contributed by atoms with Crippen molar-refractivity contribution in [3.8, 4) is 11.1 Å². The largest absolute Gasteiger partial charge is 0.481 e. The molecular formula is C37H30N4O6S2. The highest BCUT2D eigenvalue weighted by atomic mass is 32.1. The first-order chi connectivity index (χ1) is 23.7. The highest BCUT2D eigenvalue weighted by Crippen LogP contribution is 2.30. The lowest BCUT2D eigenvalue weighted by Crippen LogP contribution is -2.42. The number of thiazole rings is 2. The number of nitrogens with zero attached hydrogens (tertiary/aromatic N) is 2. The summed E-state index contributed by atoms with van der Waals surface area (Å²) in [7, 11) is 0. The third-order valence-electron chi connectivity index (χ3n) is 7.71. The van der Waals surface area contributed by atoms with Crippen molar-refractivity contribution in [2.45, 2.75) is 31.7 Å². The number of carbonyl (C=O) groups excluding carboxylic acids is 4. The van der Waals surface area contributed by atoms with Crippen LogP contribution in [-0.2, 0) is 27.2 Å². The number of carbonyl (C=O) groups is 5. The number of ketones is 2. The molecule has 246 valence electrons. The number of hydrogen-bond acceptors (Lipinski definition) is 9. The van der Waals surface area contributed by atoms with Crippen LogP contribution in [0.3, 0.4) is 0 Å². The van der Waals surface area contributed by atoms with Gasteiger partial charge in [0.1, 0.15) is 0 Å². The predicted molar refractivity (Wildman–Crippen MR) is 189 cm³/mol. The lowest BCUT2D eigenvalue weighted by atomic mass is 10.0. The molecule has 3 N–H and O–H groups in total. The number of benzene rings is 4. The van der Waals surface area contributed by atoms with Gasteiger partial charge in [-0.25, -0.2) is 9.97 Å². The third-order valence-corrected chi connectivity index (χ3v) is 9.82. The van der Waals surface area contributed by atoms with E-state index in [0.717, 1.165) is 37.2 Å². The van der Waals surface area contributed by atoms with Crippen molar-refractivity contribution in [2.75, 3.05) is 6.54 Å². The van der Waals surface area contributed by atoms with Crippen LogP contribution in [0.15, 0.2) is 97.1 Å². The molecule has 2 amide bonds. The summed E-state index contributed by atoms with van der Waals surface area (Å²) < 4.78 is 1.65. The van der Waals surface area contributed by atoms with Gasteiger partial charge in [-0.05, 0) is 52.9 Å². The summed E-state index contributed by atoms with van der Waals surface area (Å²) in [5.41, 5.74) is 4.58. The maximum atomic E-state index is 13.5. The van der Waals surface area contributed by atoms with Gasteiger partial charge in [0.25, 0.3) is 0 Å². The first-order valence-electron chi connectivity index (χ1n) is 15.5. The number of rotatable bonds is 14. The van der Waals surface area contributed by atoms with Crippen LogP contribution in [0.5, 0.6) is 0 Å². The Kier molecular flexibility index (Phi) is 10.3. The highest BCUT2D eigenvalue weighted by Gasteiger charge is 2.26. The molecule has 0 fully saturated rings. The van der Waals surface area contributed by atoms with E-state index in [-0.39, 0.29) is 54.8 Å². The highest BCUT2D eigenvalue weighted by molar-refractivity contribution is 7.20. The summed E-state index contributed by atoms with van der Waals surface area (Å²) >= 11 is 2.47. The fourth-order valence-corrected chi connectivity index (χ4v) is 7.18. The van der Waals surface area contributed by atoms with Crippen molar-refractivity contribution in [1.29, 1.82) is 0 Å². The van der Waals surface area contributed by atoms with Crippen molar-refractivity contribution in [1.82, 2.24) is 20.6 Å². The van der Waals surface area contributed by atoms with E-state index in [1.165, 1.54) is 22.7 Å². The lowest BCUT2D eigenvalue weighted by Gasteiger charge is -2.16. The number of amides is 2. The van der Waals surface area contributed by atoms with Crippen LogP contribution in [-0.4, -0.2) is 57.0 Å². The molecule has 0 aliphatic carbocycles. The Morgan fingerprint density at radius 2 is 1.35 bits per heavy atom. The quantitative estimate of drug-likeness (QED) is 0.120. The van der Waals surface area contributed by atoms with Crippen molar-refractivity contribution in [2.24, 2.45) is 0 Å². The number of nitrogens with one attached hydrogen (secondary N) is 2. The summed E-state index contributed by atoms with van der Waals surface area (Å²) in [6, 6.07) is 28.6. The molecule has 0 unspecified atom stereocenters. The van der Waals surface area contributed by atoms with Gasteiger partial charge in [-0.1, -0.05) is 72.8 Å². The van der Waals surface area contributed by atoms with Crippen LogP contribution < -0.4 is 10.6 Å². The zero-order valence-electron chi connectivity index (χ0n) is 26.0. The van der Waals surface area contributed by atoms with Crippen molar-refractivity contribution >= 4 is 72.5 Å². The Labute approximate surface area is 288 Å². The van der Waals surface area contributed by atoms with Crippen LogP contribution in [0.4, 0.5) is 0 Å². The van der Waals surface area contributed by atoms with Crippen LogP contribution >= 0.6 is 22.7 Å². The molecule has 0 saturated carbocycles. The smallest absolute Gasteiger partial charge is 0.303 e. The monoisotopic (exact) mass is 690 g/mol.